The first-order valence-corrected chi connectivity index (χ1v) is 10.5. The first kappa shape index (κ1) is 18.4. The molecule has 0 atom stereocenters. The fourth-order valence-electron chi connectivity index (χ4n) is 4.53. The van der Waals surface area contributed by atoms with E-state index in [0.29, 0.717) is 5.92 Å². The quantitative estimate of drug-likeness (QED) is 0.572. The molecule has 2 aliphatic rings. The molecule has 3 rings (SSSR count). The van der Waals surface area contributed by atoms with Gasteiger partial charge in [-0.3, -0.25) is 0 Å². The van der Waals surface area contributed by atoms with E-state index in [1.165, 1.54) is 51.4 Å². The van der Waals surface area contributed by atoms with E-state index >= 15 is 0 Å². The van der Waals surface area contributed by atoms with E-state index in [2.05, 4.69) is 37.8 Å². The molecule has 0 unspecified atom stereocenters. The molecular weight excluding hydrogens is 304 g/mol. The van der Waals surface area contributed by atoms with Crippen molar-refractivity contribution in [1.29, 1.82) is 0 Å². The maximum Gasteiger partial charge on any atom is 0.119 e. The number of hydrogen-bond acceptors (Lipinski definition) is 1. The van der Waals surface area contributed by atoms with Crippen molar-refractivity contribution in [2.75, 3.05) is 6.61 Å². The van der Waals surface area contributed by atoms with Crippen LogP contribution in [-0.2, 0) is 0 Å². The monoisotopic (exact) mass is 338 g/mol. The minimum atomic E-state index is 0.606. The van der Waals surface area contributed by atoms with Crippen molar-refractivity contribution in [2.24, 2.45) is 23.7 Å². The lowest BCUT2D eigenvalue weighted by Gasteiger charge is -2.36. The van der Waals surface area contributed by atoms with E-state index in [0.717, 1.165) is 42.1 Å². The molecule has 0 aliphatic heterocycles. The van der Waals surface area contributed by atoms with Gasteiger partial charge < -0.3 is 4.74 Å². The van der Waals surface area contributed by atoms with Gasteiger partial charge in [0.2, 0.25) is 0 Å². The molecule has 0 amide bonds. The van der Waals surface area contributed by atoms with Crippen LogP contribution < -0.4 is 4.74 Å². The van der Waals surface area contributed by atoms with Crippen LogP contribution in [0.1, 0.15) is 77.2 Å². The Morgan fingerprint density at radius 3 is 2.08 bits per heavy atom. The summed E-state index contributed by atoms with van der Waals surface area (Å²) in [5.41, 5.74) is 1.12. The number of rotatable bonds is 4. The van der Waals surface area contributed by atoms with E-state index in [1.54, 1.807) is 0 Å². The smallest absolute Gasteiger partial charge is 0.119 e. The molecule has 1 aromatic carbocycles. The topological polar surface area (TPSA) is 9.23 Å². The van der Waals surface area contributed by atoms with Gasteiger partial charge in [-0.2, -0.15) is 0 Å². The summed E-state index contributed by atoms with van der Waals surface area (Å²) in [4.78, 5) is 0. The Labute approximate surface area is 154 Å². The summed E-state index contributed by atoms with van der Waals surface area (Å²) in [6.45, 7) is 5.34. The van der Waals surface area contributed by atoms with Crippen LogP contribution in [-0.4, -0.2) is 6.61 Å². The normalized spacial score (nSPS) is 29.5. The third-order valence-corrected chi connectivity index (χ3v) is 6.25. The Bertz CT molecular complexity index is 560. The van der Waals surface area contributed by atoms with Crippen molar-refractivity contribution < 1.29 is 4.74 Å². The van der Waals surface area contributed by atoms with Crippen molar-refractivity contribution in [3.8, 4) is 17.6 Å². The van der Waals surface area contributed by atoms with Gasteiger partial charge >= 0.3 is 0 Å². The Kier molecular flexibility index (Phi) is 6.85. The fraction of sp³-hybridized carbons (Fsp3) is 0.667. The van der Waals surface area contributed by atoms with Crippen LogP contribution in [0, 0.1) is 35.5 Å². The Hall–Kier alpha value is -1.42. The summed E-state index contributed by atoms with van der Waals surface area (Å²) >= 11 is 0. The summed E-state index contributed by atoms with van der Waals surface area (Å²) in [6, 6.07) is 8.26. The lowest BCUT2D eigenvalue weighted by molar-refractivity contribution is 0.162. The van der Waals surface area contributed by atoms with Gasteiger partial charge in [-0.15, -0.1) is 0 Å². The van der Waals surface area contributed by atoms with Gasteiger partial charge in [-0.1, -0.05) is 38.5 Å². The third-order valence-electron chi connectivity index (χ3n) is 6.25. The van der Waals surface area contributed by atoms with Crippen LogP contribution in [0.25, 0.3) is 0 Å². The first-order valence-electron chi connectivity index (χ1n) is 10.5. The first-order chi connectivity index (χ1) is 12.2. The molecule has 0 spiro atoms. The van der Waals surface area contributed by atoms with Crippen molar-refractivity contribution in [1.82, 2.24) is 0 Å². The number of benzene rings is 1. The fourth-order valence-corrected chi connectivity index (χ4v) is 4.53. The summed E-state index contributed by atoms with van der Waals surface area (Å²) in [6.07, 6.45) is 12.4. The molecule has 136 valence electrons. The second-order valence-electron chi connectivity index (χ2n) is 8.27. The van der Waals surface area contributed by atoms with Gasteiger partial charge in [0.1, 0.15) is 5.75 Å². The van der Waals surface area contributed by atoms with Crippen molar-refractivity contribution in [3.05, 3.63) is 29.8 Å². The number of ether oxygens (including phenoxy) is 1. The zero-order valence-electron chi connectivity index (χ0n) is 16.1. The predicted octanol–water partition coefficient (Wildman–Crippen LogP) is 6.46. The van der Waals surface area contributed by atoms with Gasteiger partial charge in [-0.25, -0.2) is 0 Å². The molecular formula is C24H34O. The largest absolute Gasteiger partial charge is 0.494 e. The van der Waals surface area contributed by atoms with Crippen LogP contribution >= 0.6 is 0 Å². The van der Waals surface area contributed by atoms with E-state index < -0.39 is 0 Å². The minimum Gasteiger partial charge on any atom is -0.494 e. The molecule has 0 heterocycles. The van der Waals surface area contributed by atoms with Crippen LogP contribution in [0.5, 0.6) is 5.75 Å². The molecule has 0 aromatic heterocycles. The van der Waals surface area contributed by atoms with E-state index in [-0.39, 0.29) is 0 Å². The Morgan fingerprint density at radius 2 is 1.48 bits per heavy atom. The van der Waals surface area contributed by atoms with E-state index in [9.17, 15) is 0 Å². The van der Waals surface area contributed by atoms with Crippen molar-refractivity contribution in [3.63, 3.8) is 0 Å². The summed E-state index contributed by atoms with van der Waals surface area (Å²) in [5, 5.41) is 0. The second kappa shape index (κ2) is 9.33. The predicted molar refractivity (Wildman–Crippen MR) is 106 cm³/mol. The highest BCUT2D eigenvalue weighted by Crippen LogP contribution is 2.41. The third kappa shape index (κ3) is 5.53. The summed E-state index contributed by atoms with van der Waals surface area (Å²) in [7, 11) is 0. The molecule has 25 heavy (non-hydrogen) atoms. The molecule has 0 bridgehead atoms. The molecule has 2 saturated carbocycles. The SMILES string of the molecule is CCCOc1ccc(C#CC2CCC([C@H]3CC[C@H](C)CC3)CC2)cc1. The van der Waals surface area contributed by atoms with Crippen LogP contribution in [0.15, 0.2) is 24.3 Å². The highest BCUT2D eigenvalue weighted by molar-refractivity contribution is 5.38. The molecule has 1 aromatic rings. The van der Waals surface area contributed by atoms with Gasteiger partial charge in [-0.05, 0) is 87.0 Å². The van der Waals surface area contributed by atoms with Gasteiger partial charge in [0.15, 0.2) is 0 Å². The summed E-state index contributed by atoms with van der Waals surface area (Å²) < 4.78 is 5.63. The average molecular weight is 339 g/mol. The highest BCUT2D eigenvalue weighted by Gasteiger charge is 2.29. The zero-order valence-corrected chi connectivity index (χ0v) is 16.1. The maximum atomic E-state index is 5.63. The lowest BCUT2D eigenvalue weighted by atomic mass is 9.69. The maximum absolute atomic E-state index is 5.63. The molecule has 0 N–H and O–H groups in total. The molecule has 0 saturated heterocycles. The molecule has 2 fully saturated rings. The van der Waals surface area contributed by atoms with Gasteiger partial charge in [0.25, 0.3) is 0 Å². The highest BCUT2D eigenvalue weighted by atomic mass is 16.5. The lowest BCUT2D eigenvalue weighted by Crippen LogP contribution is -2.24. The standard InChI is InChI=1S/C24H34O/c1-3-18-25-24-16-10-21(11-17-24)7-6-20-8-14-23(15-9-20)22-12-4-19(2)5-13-22/h10-11,16-17,19-20,22-23H,3-5,8-9,12-15,18H2,1-2H3/t19-,20?,22-,23?. The van der Waals surface area contributed by atoms with Crippen molar-refractivity contribution >= 4 is 0 Å². The molecule has 1 heteroatoms. The van der Waals surface area contributed by atoms with Crippen LogP contribution in [0.3, 0.4) is 0 Å². The van der Waals surface area contributed by atoms with Crippen molar-refractivity contribution in [2.45, 2.75) is 71.6 Å². The zero-order chi connectivity index (χ0) is 17.5. The average Bonchev–Trinajstić information content (AvgIpc) is 2.67. The van der Waals surface area contributed by atoms with Gasteiger partial charge in [0.05, 0.1) is 6.61 Å². The Balaban J connectivity index is 1.45. The molecule has 2 aliphatic carbocycles. The van der Waals surface area contributed by atoms with Crippen LogP contribution in [0.4, 0.5) is 0 Å². The van der Waals surface area contributed by atoms with Crippen LogP contribution in [0.2, 0.25) is 0 Å². The Morgan fingerprint density at radius 1 is 0.880 bits per heavy atom. The van der Waals surface area contributed by atoms with Gasteiger partial charge in [0, 0.05) is 11.5 Å². The number of hydrogen-bond donors (Lipinski definition) is 0. The van der Waals surface area contributed by atoms with E-state index in [4.69, 9.17) is 4.74 Å². The minimum absolute atomic E-state index is 0.606. The molecule has 1 nitrogen and oxygen atoms in total. The summed E-state index contributed by atoms with van der Waals surface area (Å²) in [5.74, 6) is 11.5. The van der Waals surface area contributed by atoms with E-state index in [1.807, 2.05) is 12.1 Å². The molecule has 0 radical (unpaired) electrons. The second-order valence-corrected chi connectivity index (χ2v) is 8.27.